The first kappa shape index (κ1) is 13.2. The zero-order chi connectivity index (χ0) is 13.7. The van der Waals surface area contributed by atoms with E-state index in [1.807, 2.05) is 31.2 Å². The van der Waals surface area contributed by atoms with E-state index < -0.39 is 0 Å². The minimum Gasteiger partial charge on any atom is -0.492 e. The smallest absolute Gasteiger partial charge is 0.292 e. The van der Waals surface area contributed by atoms with Gasteiger partial charge in [0.15, 0.2) is 5.75 Å². The van der Waals surface area contributed by atoms with Crippen LogP contribution in [0.25, 0.3) is 0 Å². The van der Waals surface area contributed by atoms with Crippen molar-refractivity contribution in [1.29, 1.82) is 0 Å². The molecule has 2 aromatic rings. The molecule has 0 atom stereocenters. The molecule has 1 aromatic carbocycles. The van der Waals surface area contributed by atoms with Gasteiger partial charge in [0.25, 0.3) is 5.56 Å². The molecule has 1 heterocycles. The van der Waals surface area contributed by atoms with Crippen LogP contribution in [0.15, 0.2) is 47.4 Å². The number of ether oxygens (including phenoxy) is 2. The van der Waals surface area contributed by atoms with E-state index in [2.05, 4.69) is 0 Å². The second-order valence-corrected chi connectivity index (χ2v) is 4.24. The molecule has 0 N–H and O–H groups in total. The first-order valence-electron chi connectivity index (χ1n) is 6.13. The van der Waals surface area contributed by atoms with Gasteiger partial charge < -0.3 is 14.0 Å². The molecule has 0 radical (unpaired) electrons. The third kappa shape index (κ3) is 3.37. The van der Waals surface area contributed by atoms with Gasteiger partial charge in [0.2, 0.25) is 0 Å². The van der Waals surface area contributed by atoms with Crippen molar-refractivity contribution in [3.05, 3.63) is 58.5 Å². The summed E-state index contributed by atoms with van der Waals surface area (Å²) in [7, 11) is 1.49. The molecule has 100 valence electrons. The highest BCUT2D eigenvalue weighted by atomic mass is 16.5. The Hall–Kier alpha value is -2.23. The number of rotatable bonds is 5. The number of benzene rings is 1. The summed E-state index contributed by atoms with van der Waals surface area (Å²) in [6.07, 6.45) is 1.73. The molecule has 4 heteroatoms. The number of nitrogens with zero attached hydrogens (tertiary/aromatic N) is 1. The first-order chi connectivity index (χ1) is 9.20. The van der Waals surface area contributed by atoms with Gasteiger partial charge in [0.05, 0.1) is 13.7 Å². The number of aromatic nitrogens is 1. The van der Waals surface area contributed by atoms with E-state index in [4.69, 9.17) is 9.47 Å². The fraction of sp³-hybridized carbons (Fsp3) is 0.267. The number of hydrogen-bond donors (Lipinski definition) is 0. The van der Waals surface area contributed by atoms with E-state index in [1.165, 1.54) is 7.11 Å². The van der Waals surface area contributed by atoms with E-state index in [1.54, 1.807) is 22.9 Å². The van der Waals surface area contributed by atoms with Gasteiger partial charge in [-0.25, -0.2) is 0 Å². The van der Waals surface area contributed by atoms with Crippen molar-refractivity contribution in [3.63, 3.8) is 0 Å². The van der Waals surface area contributed by atoms with Crippen LogP contribution in [0.5, 0.6) is 11.5 Å². The molecule has 0 bridgehead atoms. The van der Waals surface area contributed by atoms with Crippen molar-refractivity contribution in [2.75, 3.05) is 13.7 Å². The zero-order valence-corrected chi connectivity index (χ0v) is 11.1. The van der Waals surface area contributed by atoms with Gasteiger partial charge in [-0.2, -0.15) is 0 Å². The van der Waals surface area contributed by atoms with E-state index >= 15 is 0 Å². The van der Waals surface area contributed by atoms with Gasteiger partial charge in [-0.05, 0) is 36.8 Å². The number of aryl methyl sites for hydroxylation is 1. The molecule has 0 aliphatic heterocycles. The van der Waals surface area contributed by atoms with E-state index in [-0.39, 0.29) is 5.56 Å². The fourth-order valence-corrected chi connectivity index (χ4v) is 1.81. The lowest BCUT2D eigenvalue weighted by molar-refractivity contribution is 0.294. The molecular weight excluding hydrogens is 242 g/mol. The monoisotopic (exact) mass is 259 g/mol. The maximum Gasteiger partial charge on any atom is 0.292 e. The summed E-state index contributed by atoms with van der Waals surface area (Å²) in [5, 5.41) is 0. The SMILES string of the molecule is COc1cccn(CCOc2cccc(C)c2)c1=O. The Morgan fingerprint density at radius 3 is 2.79 bits per heavy atom. The molecule has 0 unspecified atom stereocenters. The molecule has 0 saturated carbocycles. The van der Waals surface area contributed by atoms with Crippen LogP contribution >= 0.6 is 0 Å². The molecule has 0 aliphatic carbocycles. The molecule has 0 spiro atoms. The van der Waals surface area contributed by atoms with E-state index in [0.717, 1.165) is 11.3 Å². The molecule has 1 aromatic heterocycles. The molecule has 4 nitrogen and oxygen atoms in total. The largest absolute Gasteiger partial charge is 0.492 e. The van der Waals surface area contributed by atoms with E-state index in [9.17, 15) is 4.79 Å². The molecule has 0 fully saturated rings. The standard InChI is InChI=1S/C15H17NO3/c1-12-5-3-6-13(11-12)19-10-9-16-8-4-7-14(18-2)15(16)17/h3-8,11H,9-10H2,1-2H3. The summed E-state index contributed by atoms with van der Waals surface area (Å²) in [5.41, 5.74) is 1.01. The quantitative estimate of drug-likeness (QED) is 0.826. The van der Waals surface area contributed by atoms with Crippen LogP contribution in [-0.2, 0) is 6.54 Å². The third-order valence-corrected chi connectivity index (χ3v) is 2.80. The summed E-state index contributed by atoms with van der Waals surface area (Å²) in [5.74, 6) is 1.16. The molecule has 19 heavy (non-hydrogen) atoms. The fourth-order valence-electron chi connectivity index (χ4n) is 1.81. The molecule has 0 aliphatic rings. The second kappa shape index (κ2) is 6.09. The normalized spacial score (nSPS) is 10.2. The van der Waals surface area contributed by atoms with Crippen molar-refractivity contribution in [3.8, 4) is 11.5 Å². The van der Waals surface area contributed by atoms with Crippen molar-refractivity contribution in [2.24, 2.45) is 0 Å². The van der Waals surface area contributed by atoms with Crippen molar-refractivity contribution < 1.29 is 9.47 Å². The maximum atomic E-state index is 11.9. The molecule has 0 amide bonds. The highest BCUT2D eigenvalue weighted by molar-refractivity contribution is 5.27. The van der Waals surface area contributed by atoms with Gasteiger partial charge in [-0.3, -0.25) is 4.79 Å². The Morgan fingerprint density at radius 2 is 2.05 bits per heavy atom. The topological polar surface area (TPSA) is 40.5 Å². The minimum atomic E-state index is -0.141. The van der Waals surface area contributed by atoms with Crippen LogP contribution in [0.2, 0.25) is 0 Å². The van der Waals surface area contributed by atoms with Crippen molar-refractivity contribution in [1.82, 2.24) is 4.57 Å². The maximum absolute atomic E-state index is 11.9. The van der Waals surface area contributed by atoms with Crippen LogP contribution in [0.3, 0.4) is 0 Å². The van der Waals surface area contributed by atoms with E-state index in [0.29, 0.717) is 18.9 Å². The Balaban J connectivity index is 1.98. The predicted molar refractivity (Wildman–Crippen MR) is 73.9 cm³/mol. The summed E-state index contributed by atoms with van der Waals surface area (Å²) in [6, 6.07) is 11.3. The lowest BCUT2D eigenvalue weighted by Gasteiger charge is -2.09. The zero-order valence-electron chi connectivity index (χ0n) is 11.1. The minimum absolute atomic E-state index is 0.141. The summed E-state index contributed by atoms with van der Waals surface area (Å²) in [6.45, 7) is 2.94. The van der Waals surface area contributed by atoms with Gasteiger partial charge in [-0.15, -0.1) is 0 Å². The lowest BCUT2D eigenvalue weighted by Crippen LogP contribution is -2.23. The third-order valence-electron chi connectivity index (χ3n) is 2.80. The highest BCUT2D eigenvalue weighted by Crippen LogP contribution is 2.12. The average Bonchev–Trinajstić information content (AvgIpc) is 2.41. The highest BCUT2D eigenvalue weighted by Gasteiger charge is 2.02. The first-order valence-corrected chi connectivity index (χ1v) is 6.13. The lowest BCUT2D eigenvalue weighted by atomic mass is 10.2. The Kier molecular flexibility index (Phi) is 4.23. The van der Waals surface area contributed by atoms with Crippen molar-refractivity contribution >= 4 is 0 Å². The Bertz CT molecular complexity index is 604. The Labute approximate surface area is 112 Å². The van der Waals surface area contributed by atoms with Crippen LogP contribution in [0, 0.1) is 6.92 Å². The van der Waals surface area contributed by atoms with Gasteiger partial charge in [0.1, 0.15) is 12.4 Å². The summed E-state index contributed by atoms with van der Waals surface area (Å²) in [4.78, 5) is 11.9. The molecule has 0 saturated heterocycles. The Morgan fingerprint density at radius 1 is 1.21 bits per heavy atom. The summed E-state index contributed by atoms with van der Waals surface area (Å²) < 4.78 is 12.2. The molecule has 2 rings (SSSR count). The number of methoxy groups -OCH3 is 1. The predicted octanol–water partition coefficient (Wildman–Crippen LogP) is 2.24. The van der Waals surface area contributed by atoms with Crippen LogP contribution in [-0.4, -0.2) is 18.3 Å². The second-order valence-electron chi connectivity index (χ2n) is 4.24. The van der Waals surface area contributed by atoms with Crippen LogP contribution in [0.1, 0.15) is 5.56 Å². The molecular formula is C15H17NO3. The summed E-state index contributed by atoms with van der Waals surface area (Å²) >= 11 is 0. The van der Waals surface area contributed by atoms with Gasteiger partial charge in [0, 0.05) is 6.20 Å². The van der Waals surface area contributed by atoms with Crippen LogP contribution in [0.4, 0.5) is 0 Å². The van der Waals surface area contributed by atoms with Crippen molar-refractivity contribution in [2.45, 2.75) is 13.5 Å². The number of pyridine rings is 1. The number of hydrogen-bond acceptors (Lipinski definition) is 3. The van der Waals surface area contributed by atoms with Crippen LogP contribution < -0.4 is 15.0 Å². The van der Waals surface area contributed by atoms with Gasteiger partial charge >= 0.3 is 0 Å². The van der Waals surface area contributed by atoms with Gasteiger partial charge in [-0.1, -0.05) is 12.1 Å². The average molecular weight is 259 g/mol.